The molecule has 0 saturated carbocycles. The summed E-state index contributed by atoms with van der Waals surface area (Å²) in [6.07, 6.45) is 3.94. The van der Waals surface area contributed by atoms with Gasteiger partial charge in [0.2, 0.25) is 0 Å². The second-order valence-corrected chi connectivity index (χ2v) is 7.37. The molecule has 25 heavy (non-hydrogen) atoms. The Bertz CT molecular complexity index is 717. The van der Waals surface area contributed by atoms with Crippen LogP contribution in [0.25, 0.3) is 0 Å². The van der Waals surface area contributed by atoms with Gasteiger partial charge in [0.25, 0.3) is 0 Å². The quantitative estimate of drug-likeness (QED) is 0.929. The Morgan fingerprint density at radius 2 is 2.08 bits per heavy atom. The average Bonchev–Trinajstić information content (AvgIpc) is 3.12. The van der Waals surface area contributed by atoms with Gasteiger partial charge in [-0.15, -0.1) is 0 Å². The number of rotatable bonds is 4. The maximum Gasteiger partial charge on any atom is 0.137 e. The third-order valence-corrected chi connectivity index (χ3v) is 5.67. The number of piperidine rings is 1. The van der Waals surface area contributed by atoms with E-state index in [1.165, 1.54) is 24.1 Å². The molecule has 4 rings (SSSR count). The molecule has 2 atom stereocenters. The van der Waals surface area contributed by atoms with Crippen molar-refractivity contribution in [3.05, 3.63) is 47.8 Å². The average molecular weight is 337 g/mol. The van der Waals surface area contributed by atoms with E-state index in [0.29, 0.717) is 12.0 Å². The summed E-state index contributed by atoms with van der Waals surface area (Å²) < 4.78 is 0. The van der Waals surface area contributed by atoms with Crippen molar-refractivity contribution in [2.45, 2.75) is 32.4 Å². The molecule has 5 nitrogen and oxygen atoms in total. The normalized spacial score (nSPS) is 23.1. The van der Waals surface area contributed by atoms with E-state index in [1.807, 2.05) is 0 Å². The van der Waals surface area contributed by atoms with Crippen LogP contribution in [0.1, 0.15) is 24.5 Å². The van der Waals surface area contributed by atoms with Crippen molar-refractivity contribution < 1.29 is 0 Å². The van der Waals surface area contributed by atoms with Gasteiger partial charge in [-0.05, 0) is 30.9 Å². The summed E-state index contributed by atoms with van der Waals surface area (Å²) in [6.45, 7) is 6.62. The molecule has 0 amide bonds. The van der Waals surface area contributed by atoms with E-state index in [4.69, 9.17) is 0 Å². The van der Waals surface area contributed by atoms with Crippen LogP contribution in [-0.2, 0) is 13.0 Å². The van der Waals surface area contributed by atoms with E-state index in [0.717, 1.165) is 37.7 Å². The van der Waals surface area contributed by atoms with Crippen molar-refractivity contribution in [2.75, 3.05) is 36.9 Å². The van der Waals surface area contributed by atoms with Crippen molar-refractivity contribution in [1.29, 1.82) is 0 Å². The second kappa shape index (κ2) is 7.00. The van der Waals surface area contributed by atoms with Gasteiger partial charge in [-0.3, -0.25) is 4.90 Å². The molecular formula is C20H27N5. The van der Waals surface area contributed by atoms with Crippen LogP contribution in [0, 0.1) is 5.92 Å². The molecule has 1 aromatic heterocycles. The molecule has 0 aliphatic carbocycles. The summed E-state index contributed by atoms with van der Waals surface area (Å²) in [5.74, 6) is 2.78. The molecule has 5 heteroatoms. The fraction of sp³-hybridized carbons (Fsp3) is 0.500. The summed E-state index contributed by atoms with van der Waals surface area (Å²) in [7, 11) is 2.20. The number of anilines is 2. The number of hydrogen-bond donors (Lipinski definition) is 1. The van der Waals surface area contributed by atoms with Crippen molar-refractivity contribution in [2.24, 2.45) is 5.92 Å². The van der Waals surface area contributed by atoms with Gasteiger partial charge in [-0.2, -0.15) is 0 Å². The summed E-state index contributed by atoms with van der Waals surface area (Å²) in [6, 6.07) is 11.3. The van der Waals surface area contributed by atoms with Crippen LogP contribution in [0.5, 0.6) is 0 Å². The number of fused-ring (bicyclic) bond motifs is 1. The number of likely N-dealkylation sites (tertiary alicyclic amines) is 1. The van der Waals surface area contributed by atoms with Crippen LogP contribution < -0.4 is 10.2 Å². The lowest BCUT2D eigenvalue weighted by molar-refractivity contribution is 0.159. The number of likely N-dealkylation sites (N-methyl/N-ethyl adjacent to an activating group) is 1. The van der Waals surface area contributed by atoms with Gasteiger partial charge in [-0.1, -0.05) is 37.3 Å². The smallest absolute Gasteiger partial charge is 0.137 e. The number of nitrogens with one attached hydrogen (secondary N) is 1. The van der Waals surface area contributed by atoms with Gasteiger partial charge >= 0.3 is 0 Å². The lowest BCUT2D eigenvalue weighted by atomic mass is 9.91. The van der Waals surface area contributed by atoms with Gasteiger partial charge in [0.15, 0.2) is 0 Å². The highest BCUT2D eigenvalue weighted by Crippen LogP contribution is 2.31. The Morgan fingerprint density at radius 1 is 1.24 bits per heavy atom. The van der Waals surface area contributed by atoms with E-state index in [1.54, 1.807) is 6.33 Å². The van der Waals surface area contributed by atoms with Crippen LogP contribution in [0.15, 0.2) is 36.7 Å². The second-order valence-electron chi connectivity index (χ2n) is 7.37. The highest BCUT2D eigenvalue weighted by Gasteiger charge is 2.31. The molecule has 2 aliphatic rings. The molecule has 2 aliphatic heterocycles. The number of hydrogen-bond acceptors (Lipinski definition) is 5. The van der Waals surface area contributed by atoms with E-state index < -0.39 is 0 Å². The number of benzene rings is 1. The van der Waals surface area contributed by atoms with E-state index in [-0.39, 0.29) is 0 Å². The molecule has 0 spiro atoms. The van der Waals surface area contributed by atoms with E-state index >= 15 is 0 Å². The van der Waals surface area contributed by atoms with Crippen molar-refractivity contribution in [3.8, 4) is 0 Å². The minimum atomic E-state index is 0.483. The zero-order chi connectivity index (χ0) is 17.2. The van der Waals surface area contributed by atoms with Gasteiger partial charge < -0.3 is 10.2 Å². The topological polar surface area (TPSA) is 44.3 Å². The zero-order valence-corrected chi connectivity index (χ0v) is 15.2. The minimum Gasteiger partial charge on any atom is -0.369 e. The number of nitrogens with zero attached hydrogens (tertiary/aromatic N) is 4. The monoisotopic (exact) mass is 337 g/mol. The predicted molar refractivity (Wildman–Crippen MR) is 102 cm³/mol. The van der Waals surface area contributed by atoms with Gasteiger partial charge in [-0.25, -0.2) is 9.97 Å². The lowest BCUT2D eigenvalue weighted by Crippen LogP contribution is -2.51. The first-order valence-corrected chi connectivity index (χ1v) is 9.29. The van der Waals surface area contributed by atoms with Gasteiger partial charge in [0, 0.05) is 38.3 Å². The Labute approximate surface area is 150 Å². The van der Waals surface area contributed by atoms with Crippen molar-refractivity contribution in [1.82, 2.24) is 14.9 Å². The highest BCUT2D eigenvalue weighted by atomic mass is 15.3. The number of aromatic nitrogens is 2. The van der Waals surface area contributed by atoms with Crippen LogP contribution in [0.2, 0.25) is 0 Å². The Kier molecular flexibility index (Phi) is 4.57. The third-order valence-electron chi connectivity index (χ3n) is 5.67. The summed E-state index contributed by atoms with van der Waals surface area (Å²) in [5.41, 5.74) is 2.67. The molecule has 0 radical (unpaired) electrons. The Balaban J connectivity index is 1.51. The molecule has 132 valence electrons. The predicted octanol–water partition coefficient (Wildman–Crippen LogP) is 2.79. The first-order valence-electron chi connectivity index (χ1n) is 9.29. The largest absolute Gasteiger partial charge is 0.369 e. The fourth-order valence-electron chi connectivity index (χ4n) is 4.16. The maximum atomic E-state index is 4.63. The molecule has 1 aromatic carbocycles. The van der Waals surface area contributed by atoms with E-state index in [9.17, 15) is 0 Å². The van der Waals surface area contributed by atoms with Gasteiger partial charge in [0.05, 0.1) is 0 Å². The van der Waals surface area contributed by atoms with E-state index in [2.05, 4.69) is 69.4 Å². The first kappa shape index (κ1) is 16.3. The van der Waals surface area contributed by atoms with Crippen LogP contribution in [-0.4, -0.2) is 47.6 Å². The molecule has 2 aromatic rings. The summed E-state index contributed by atoms with van der Waals surface area (Å²) in [4.78, 5) is 14.0. The lowest BCUT2D eigenvalue weighted by Gasteiger charge is -2.42. The fourth-order valence-corrected chi connectivity index (χ4v) is 4.16. The molecule has 1 saturated heterocycles. The molecule has 3 heterocycles. The summed E-state index contributed by atoms with van der Waals surface area (Å²) >= 11 is 0. The third kappa shape index (κ3) is 3.33. The molecule has 2 unspecified atom stereocenters. The first-order chi connectivity index (χ1) is 12.2. The summed E-state index contributed by atoms with van der Waals surface area (Å²) in [5, 5.41) is 3.36. The molecule has 1 fully saturated rings. The standard InChI is InChI=1S/C20H27N5/c1-15-9-11-25(12-16-6-4-3-5-7-16)13-18(15)24(2)20-17-8-10-21-19(17)22-14-23-20/h3-7,14-15,18H,8-13H2,1-2H3,(H,21,22,23). The van der Waals surface area contributed by atoms with Crippen molar-refractivity contribution >= 4 is 11.6 Å². The Morgan fingerprint density at radius 3 is 2.92 bits per heavy atom. The Hall–Kier alpha value is -2.14. The SMILES string of the molecule is CC1CCN(Cc2ccccc2)CC1N(C)c1ncnc2c1CCN2. The molecule has 1 N–H and O–H groups in total. The van der Waals surface area contributed by atoms with Gasteiger partial charge in [0.1, 0.15) is 18.0 Å². The molecular weight excluding hydrogens is 310 g/mol. The maximum absolute atomic E-state index is 4.63. The van der Waals surface area contributed by atoms with Crippen LogP contribution in [0.4, 0.5) is 11.6 Å². The van der Waals surface area contributed by atoms with Crippen LogP contribution in [0.3, 0.4) is 0 Å². The zero-order valence-electron chi connectivity index (χ0n) is 15.2. The highest BCUT2D eigenvalue weighted by molar-refractivity contribution is 5.62. The van der Waals surface area contributed by atoms with Crippen molar-refractivity contribution in [3.63, 3.8) is 0 Å². The van der Waals surface area contributed by atoms with Crippen LogP contribution >= 0.6 is 0 Å². The minimum absolute atomic E-state index is 0.483. The molecule has 0 bridgehead atoms.